The zero-order chi connectivity index (χ0) is 15.1. The Morgan fingerprint density at radius 1 is 0.905 bits per heavy atom. The number of hydrogen-bond acceptors (Lipinski definition) is 2. The molecule has 0 aliphatic carbocycles. The van der Waals surface area contributed by atoms with Crippen LogP contribution in [0.15, 0.2) is 48.5 Å². The second-order valence-electron chi connectivity index (χ2n) is 4.50. The molecule has 0 spiro atoms. The fourth-order valence-electron chi connectivity index (χ4n) is 1.88. The van der Waals surface area contributed by atoms with Gasteiger partial charge in [-0.05, 0) is 30.7 Å². The van der Waals surface area contributed by atoms with Crippen molar-refractivity contribution in [3.63, 3.8) is 0 Å². The fraction of sp³-hybridized carbons (Fsp3) is 0.188. The lowest BCUT2D eigenvalue weighted by Crippen LogP contribution is -2.27. The van der Waals surface area contributed by atoms with Crippen LogP contribution in [-0.2, 0) is 0 Å². The topological polar surface area (TPSA) is 41.1 Å². The van der Waals surface area contributed by atoms with E-state index in [9.17, 15) is 13.6 Å². The number of benzene rings is 2. The summed E-state index contributed by atoms with van der Waals surface area (Å²) in [6.07, 6.45) is 0.650. The monoisotopic (exact) mass is 290 g/mol. The Labute approximate surface area is 122 Å². The molecule has 1 amide bonds. The van der Waals surface area contributed by atoms with Gasteiger partial charge in [-0.2, -0.15) is 0 Å². The van der Waals surface area contributed by atoms with Crippen molar-refractivity contribution in [1.82, 2.24) is 5.32 Å². The van der Waals surface area contributed by atoms with Crippen LogP contribution in [0.4, 0.5) is 14.5 Å². The summed E-state index contributed by atoms with van der Waals surface area (Å²) < 4.78 is 26.8. The van der Waals surface area contributed by atoms with E-state index in [0.29, 0.717) is 19.5 Å². The molecule has 2 aromatic rings. The average Bonchev–Trinajstić information content (AvgIpc) is 2.48. The number of carbonyl (C=O) groups excluding carboxylic acids is 1. The Morgan fingerprint density at radius 2 is 1.57 bits per heavy atom. The maximum Gasteiger partial charge on any atom is 0.257 e. The van der Waals surface area contributed by atoms with Gasteiger partial charge >= 0.3 is 0 Å². The van der Waals surface area contributed by atoms with Gasteiger partial charge in [0.15, 0.2) is 0 Å². The van der Waals surface area contributed by atoms with E-state index in [1.165, 1.54) is 6.07 Å². The number of para-hydroxylation sites is 1. The summed E-state index contributed by atoms with van der Waals surface area (Å²) in [6.45, 7) is 0.997. The van der Waals surface area contributed by atoms with Crippen molar-refractivity contribution < 1.29 is 13.6 Å². The lowest BCUT2D eigenvalue weighted by atomic mass is 10.2. The van der Waals surface area contributed by atoms with Crippen molar-refractivity contribution in [1.29, 1.82) is 0 Å². The minimum Gasteiger partial charge on any atom is -0.385 e. The summed E-state index contributed by atoms with van der Waals surface area (Å²) in [7, 11) is 0. The molecule has 0 bridgehead atoms. The van der Waals surface area contributed by atoms with Gasteiger partial charge in [0.25, 0.3) is 5.91 Å². The number of nitrogens with one attached hydrogen (secondary N) is 2. The third kappa shape index (κ3) is 4.27. The molecule has 0 atom stereocenters. The molecule has 21 heavy (non-hydrogen) atoms. The van der Waals surface area contributed by atoms with E-state index in [0.717, 1.165) is 17.8 Å². The Balaban J connectivity index is 1.75. The standard InChI is InChI=1S/C16H16F2N2O/c17-13-8-4-9-14(18)15(13)16(21)20-11-5-10-19-12-6-2-1-3-7-12/h1-4,6-9,19H,5,10-11H2,(H,20,21). The Kier molecular flexibility index (Phi) is 5.26. The molecule has 0 saturated heterocycles. The quantitative estimate of drug-likeness (QED) is 0.802. The molecule has 2 rings (SSSR count). The summed E-state index contributed by atoms with van der Waals surface area (Å²) in [5.41, 5.74) is 0.456. The van der Waals surface area contributed by atoms with E-state index in [2.05, 4.69) is 10.6 Å². The zero-order valence-corrected chi connectivity index (χ0v) is 11.4. The molecule has 2 aromatic carbocycles. The maximum absolute atomic E-state index is 13.4. The van der Waals surface area contributed by atoms with E-state index in [1.54, 1.807) is 0 Å². The minimum absolute atomic E-state index is 0.340. The molecule has 110 valence electrons. The lowest BCUT2D eigenvalue weighted by molar-refractivity contribution is 0.0945. The van der Waals surface area contributed by atoms with Gasteiger partial charge in [-0.15, -0.1) is 0 Å². The van der Waals surface area contributed by atoms with Gasteiger partial charge in [-0.3, -0.25) is 4.79 Å². The molecule has 0 aliphatic heterocycles. The van der Waals surface area contributed by atoms with Crippen molar-refractivity contribution in [3.05, 3.63) is 65.7 Å². The molecule has 0 heterocycles. The van der Waals surface area contributed by atoms with Gasteiger partial charge in [-0.1, -0.05) is 24.3 Å². The molecule has 0 aromatic heterocycles. The summed E-state index contributed by atoms with van der Waals surface area (Å²) in [5, 5.41) is 5.69. The number of anilines is 1. The lowest BCUT2D eigenvalue weighted by Gasteiger charge is -2.08. The third-order valence-corrected chi connectivity index (χ3v) is 2.93. The Morgan fingerprint density at radius 3 is 2.24 bits per heavy atom. The summed E-state index contributed by atoms with van der Waals surface area (Å²) in [5.74, 6) is -2.44. The van der Waals surface area contributed by atoms with Crippen molar-refractivity contribution in [3.8, 4) is 0 Å². The van der Waals surface area contributed by atoms with Gasteiger partial charge in [0, 0.05) is 18.8 Å². The fourth-order valence-corrected chi connectivity index (χ4v) is 1.88. The molecule has 0 saturated carbocycles. The van der Waals surface area contributed by atoms with Crippen molar-refractivity contribution in [2.75, 3.05) is 18.4 Å². The van der Waals surface area contributed by atoms with Gasteiger partial charge < -0.3 is 10.6 Å². The molecular formula is C16H16F2N2O. The molecule has 0 unspecified atom stereocenters. The van der Waals surface area contributed by atoms with Gasteiger partial charge in [-0.25, -0.2) is 8.78 Å². The molecule has 0 fully saturated rings. The minimum atomic E-state index is -0.852. The molecule has 0 radical (unpaired) electrons. The summed E-state index contributed by atoms with van der Waals surface area (Å²) in [6, 6.07) is 13.0. The van der Waals surface area contributed by atoms with E-state index in [4.69, 9.17) is 0 Å². The summed E-state index contributed by atoms with van der Waals surface area (Å²) >= 11 is 0. The predicted octanol–water partition coefficient (Wildman–Crippen LogP) is 3.20. The first kappa shape index (κ1) is 15.0. The highest BCUT2D eigenvalue weighted by Crippen LogP contribution is 2.11. The van der Waals surface area contributed by atoms with Gasteiger partial charge in [0.2, 0.25) is 0 Å². The first-order chi connectivity index (χ1) is 10.2. The SMILES string of the molecule is O=C(NCCCNc1ccccc1)c1c(F)cccc1F. The Bertz CT molecular complexity index is 582. The molecule has 0 aliphatic rings. The first-order valence-corrected chi connectivity index (χ1v) is 6.69. The van der Waals surface area contributed by atoms with Crippen LogP contribution in [0, 0.1) is 11.6 Å². The first-order valence-electron chi connectivity index (χ1n) is 6.69. The van der Waals surface area contributed by atoms with Crippen LogP contribution in [0.25, 0.3) is 0 Å². The number of hydrogen-bond donors (Lipinski definition) is 2. The normalized spacial score (nSPS) is 10.2. The highest BCUT2D eigenvalue weighted by Gasteiger charge is 2.15. The molecular weight excluding hydrogens is 274 g/mol. The van der Waals surface area contributed by atoms with Crippen LogP contribution in [0.5, 0.6) is 0 Å². The zero-order valence-electron chi connectivity index (χ0n) is 11.4. The van der Waals surface area contributed by atoms with Crippen molar-refractivity contribution >= 4 is 11.6 Å². The number of halogens is 2. The van der Waals surface area contributed by atoms with Crippen molar-refractivity contribution in [2.24, 2.45) is 0 Å². The van der Waals surface area contributed by atoms with Crippen LogP contribution in [0.3, 0.4) is 0 Å². The van der Waals surface area contributed by atoms with Crippen LogP contribution < -0.4 is 10.6 Å². The molecule has 3 nitrogen and oxygen atoms in total. The third-order valence-electron chi connectivity index (χ3n) is 2.93. The van der Waals surface area contributed by atoms with Crippen LogP contribution in [-0.4, -0.2) is 19.0 Å². The maximum atomic E-state index is 13.4. The number of carbonyl (C=O) groups is 1. The second kappa shape index (κ2) is 7.38. The van der Waals surface area contributed by atoms with Crippen molar-refractivity contribution in [2.45, 2.75) is 6.42 Å². The average molecular weight is 290 g/mol. The van der Waals surface area contributed by atoms with Crippen LogP contribution in [0.2, 0.25) is 0 Å². The van der Waals surface area contributed by atoms with Crippen LogP contribution in [0.1, 0.15) is 16.8 Å². The number of rotatable bonds is 6. The Hall–Kier alpha value is -2.43. The molecule has 5 heteroatoms. The van der Waals surface area contributed by atoms with E-state index >= 15 is 0 Å². The number of amides is 1. The van der Waals surface area contributed by atoms with E-state index < -0.39 is 23.1 Å². The highest BCUT2D eigenvalue weighted by molar-refractivity contribution is 5.94. The van der Waals surface area contributed by atoms with E-state index in [-0.39, 0.29) is 0 Å². The van der Waals surface area contributed by atoms with Gasteiger partial charge in [0.1, 0.15) is 17.2 Å². The summed E-state index contributed by atoms with van der Waals surface area (Å²) in [4.78, 5) is 11.7. The second-order valence-corrected chi connectivity index (χ2v) is 4.50. The largest absolute Gasteiger partial charge is 0.385 e. The predicted molar refractivity (Wildman–Crippen MR) is 78.2 cm³/mol. The highest BCUT2D eigenvalue weighted by atomic mass is 19.1. The molecule has 2 N–H and O–H groups in total. The van der Waals surface area contributed by atoms with E-state index in [1.807, 2.05) is 30.3 Å². The van der Waals surface area contributed by atoms with Crippen LogP contribution >= 0.6 is 0 Å². The van der Waals surface area contributed by atoms with Gasteiger partial charge in [0.05, 0.1) is 0 Å². The smallest absolute Gasteiger partial charge is 0.257 e.